The van der Waals surface area contributed by atoms with Crippen LogP contribution in [0.4, 0.5) is 11.4 Å². The molecule has 334 valence electrons. The molecule has 8 aromatic carbocycles. The van der Waals surface area contributed by atoms with Crippen LogP contribution in [0.25, 0.3) is 98.6 Å². The quantitative estimate of drug-likeness (QED) is 0.100. The number of hydrogen-bond acceptors (Lipinski definition) is 8. The lowest BCUT2D eigenvalue weighted by Gasteiger charge is -2.32. The summed E-state index contributed by atoms with van der Waals surface area (Å²) in [4.78, 5) is 28.0. The molecule has 2 N–H and O–H groups in total. The number of hydrogen-bond donors (Lipinski definition) is 2. The Bertz CT molecular complexity index is 3980. The maximum atomic E-state index is 11.6. The molecule has 5 heterocycles. The van der Waals surface area contributed by atoms with Crippen molar-refractivity contribution in [2.75, 3.05) is 0 Å². The Morgan fingerprint density at radius 1 is 0.485 bits per heavy atom. The van der Waals surface area contributed by atoms with Crippen molar-refractivity contribution in [3.63, 3.8) is 0 Å². The largest absolute Gasteiger partial charge is 0.497 e. The fourth-order valence-electron chi connectivity index (χ4n) is 9.25. The number of benzene rings is 8. The van der Waals surface area contributed by atoms with Gasteiger partial charge in [0.25, 0.3) is 11.4 Å². The molecule has 0 spiro atoms. The van der Waals surface area contributed by atoms with Gasteiger partial charge in [0, 0.05) is 61.0 Å². The molecule has 0 amide bonds. The third kappa shape index (κ3) is 6.98. The van der Waals surface area contributed by atoms with Crippen LogP contribution in [-0.4, -0.2) is 38.1 Å². The zero-order chi connectivity index (χ0) is 47.1. The molecular formula is C54H40BBrN4O8. The van der Waals surface area contributed by atoms with E-state index in [9.17, 15) is 20.2 Å². The smallest absolute Gasteiger partial charge is 0.455 e. The maximum absolute atomic E-state index is 11.6. The summed E-state index contributed by atoms with van der Waals surface area (Å²) in [5.41, 5.74) is 9.24. The number of para-hydroxylation sites is 6. The first-order valence-electron chi connectivity index (χ1n) is 22.0. The van der Waals surface area contributed by atoms with Crippen LogP contribution in [0.3, 0.4) is 0 Å². The van der Waals surface area contributed by atoms with Crippen LogP contribution in [0.5, 0.6) is 0 Å². The van der Waals surface area contributed by atoms with Gasteiger partial charge in [-0.3, -0.25) is 20.2 Å². The normalized spacial score (nSPS) is 14.3. The predicted octanol–water partition coefficient (Wildman–Crippen LogP) is 14.7. The number of aromatic nitrogens is 2. The maximum Gasteiger partial charge on any atom is 0.497 e. The van der Waals surface area contributed by atoms with Gasteiger partial charge in [-0.2, -0.15) is 0 Å². The van der Waals surface area contributed by atoms with Gasteiger partial charge in [0.15, 0.2) is 0 Å². The van der Waals surface area contributed by atoms with E-state index in [1.165, 1.54) is 12.1 Å². The molecule has 0 atom stereocenters. The average Bonchev–Trinajstić information content (AvgIpc) is 4.14. The first-order chi connectivity index (χ1) is 32.8. The average molecular weight is 964 g/mol. The number of H-pyrrole nitrogens is 2. The summed E-state index contributed by atoms with van der Waals surface area (Å²) in [7, 11) is -0.414. The van der Waals surface area contributed by atoms with E-state index in [0.717, 1.165) is 98.5 Å². The minimum absolute atomic E-state index is 0.0903. The predicted molar refractivity (Wildman–Crippen MR) is 275 cm³/mol. The second-order valence-corrected chi connectivity index (χ2v) is 18.6. The Morgan fingerprint density at radius 2 is 0.941 bits per heavy atom. The van der Waals surface area contributed by atoms with E-state index in [-0.39, 0.29) is 27.5 Å². The van der Waals surface area contributed by atoms with Crippen LogP contribution in [0.2, 0.25) is 0 Å². The molecule has 0 radical (unpaired) electrons. The van der Waals surface area contributed by atoms with Crippen molar-refractivity contribution in [2.45, 2.75) is 38.9 Å². The van der Waals surface area contributed by atoms with E-state index in [4.69, 9.17) is 18.1 Å². The number of nitro groups is 2. The van der Waals surface area contributed by atoms with Crippen molar-refractivity contribution in [3.05, 3.63) is 182 Å². The SMILES string of the molecule is CC1(C)OB(c2cccc3c2[nH]c2ccc4c5ccccc5oc4c23)OC1(C)C.O=[N+]([O-])c1ccccc1-c1cccc2c1[nH]c1ccc3c4ccccc4oc3c12.O=[N+]([O-])c1ccccc1Br. The monoisotopic (exact) mass is 962 g/mol. The number of nitrogens with zero attached hydrogens (tertiary/aromatic N) is 2. The van der Waals surface area contributed by atoms with Crippen LogP contribution in [0.1, 0.15) is 27.7 Å². The van der Waals surface area contributed by atoms with Gasteiger partial charge in [0.05, 0.1) is 58.4 Å². The van der Waals surface area contributed by atoms with Gasteiger partial charge >= 0.3 is 7.12 Å². The molecular weight excluding hydrogens is 923 g/mol. The number of nitro benzene ring substituents is 2. The summed E-state index contributed by atoms with van der Waals surface area (Å²) in [5, 5.41) is 30.4. The molecule has 1 fully saturated rings. The first-order valence-corrected chi connectivity index (χ1v) is 22.8. The van der Waals surface area contributed by atoms with E-state index >= 15 is 0 Å². The zero-order valence-corrected chi connectivity index (χ0v) is 38.7. The molecule has 0 saturated carbocycles. The number of nitrogens with one attached hydrogen (secondary N) is 2. The second-order valence-electron chi connectivity index (χ2n) is 17.7. The van der Waals surface area contributed by atoms with Gasteiger partial charge in [-0.1, -0.05) is 97.1 Å². The highest BCUT2D eigenvalue weighted by molar-refractivity contribution is 9.10. The fourth-order valence-corrected chi connectivity index (χ4v) is 9.68. The van der Waals surface area contributed by atoms with Gasteiger partial charge in [0.1, 0.15) is 22.3 Å². The van der Waals surface area contributed by atoms with Crippen LogP contribution in [0.15, 0.2) is 171 Å². The zero-order valence-electron chi connectivity index (χ0n) is 37.1. The van der Waals surface area contributed by atoms with Crippen LogP contribution in [0, 0.1) is 20.2 Å². The lowest BCUT2D eigenvalue weighted by atomic mass is 9.78. The lowest BCUT2D eigenvalue weighted by molar-refractivity contribution is -0.385. The summed E-state index contributed by atoms with van der Waals surface area (Å²) < 4.78 is 25.7. The molecule has 1 aliphatic heterocycles. The summed E-state index contributed by atoms with van der Waals surface area (Å²) in [6, 6.07) is 50.0. The molecule has 12 aromatic rings. The van der Waals surface area contributed by atoms with E-state index in [1.807, 2.05) is 66.7 Å². The van der Waals surface area contributed by atoms with Gasteiger partial charge in [-0.15, -0.1) is 0 Å². The van der Waals surface area contributed by atoms with E-state index in [1.54, 1.807) is 30.3 Å². The standard InChI is InChI=1S/C24H22BNO3.C24H14N2O3.C6H4BrNO2/c1-23(2)24(3,4)29-25(28-23)17-10-7-9-16-20-18(26-21(16)17)13-12-15-14-8-5-6-11-19(14)27-22(15)20;27-26(28)20-10-3-1-6-14(20)16-8-5-9-18-22-19(25-23(16)18)13-12-17-15-7-2-4-11-21(15)29-24(17)22;7-5-3-1-2-4-6(5)8(9)10/h5-13,26H,1-4H3;1-13,25H;1-4H. The van der Waals surface area contributed by atoms with Gasteiger partial charge in [-0.25, -0.2) is 0 Å². The third-order valence-electron chi connectivity index (χ3n) is 13.3. The van der Waals surface area contributed by atoms with E-state index in [0.29, 0.717) is 10.0 Å². The Balaban J connectivity index is 0.000000125. The van der Waals surface area contributed by atoms with E-state index in [2.05, 4.69) is 102 Å². The Hall–Kier alpha value is -7.78. The minimum Gasteiger partial charge on any atom is -0.455 e. The first kappa shape index (κ1) is 42.8. The Kier molecular flexibility index (Phi) is 10.2. The number of aromatic amines is 2. The molecule has 1 saturated heterocycles. The number of fused-ring (bicyclic) bond motifs is 14. The molecule has 4 aromatic heterocycles. The number of furan rings is 2. The topological polar surface area (TPSA) is 163 Å². The minimum atomic E-state index is -0.427. The molecule has 12 nitrogen and oxygen atoms in total. The summed E-state index contributed by atoms with van der Waals surface area (Å²) in [6.07, 6.45) is 0. The molecule has 0 aliphatic carbocycles. The van der Waals surface area contributed by atoms with Crippen molar-refractivity contribution >= 4 is 127 Å². The Morgan fingerprint density at radius 3 is 1.50 bits per heavy atom. The molecule has 14 heteroatoms. The molecule has 13 rings (SSSR count). The molecule has 68 heavy (non-hydrogen) atoms. The van der Waals surface area contributed by atoms with Crippen molar-refractivity contribution in [3.8, 4) is 11.1 Å². The summed E-state index contributed by atoms with van der Waals surface area (Å²) >= 11 is 3.06. The van der Waals surface area contributed by atoms with Crippen molar-refractivity contribution in [2.24, 2.45) is 0 Å². The third-order valence-corrected chi connectivity index (χ3v) is 13.9. The van der Waals surface area contributed by atoms with Crippen LogP contribution >= 0.6 is 15.9 Å². The highest BCUT2D eigenvalue weighted by Gasteiger charge is 2.52. The van der Waals surface area contributed by atoms with Gasteiger partial charge < -0.3 is 28.1 Å². The van der Waals surface area contributed by atoms with Crippen LogP contribution < -0.4 is 5.46 Å². The molecule has 0 bridgehead atoms. The fraction of sp³-hybridized carbons (Fsp3) is 0.111. The second kappa shape index (κ2) is 16.2. The highest BCUT2D eigenvalue weighted by atomic mass is 79.9. The van der Waals surface area contributed by atoms with Crippen molar-refractivity contribution in [1.29, 1.82) is 0 Å². The number of halogens is 1. The summed E-state index contributed by atoms with van der Waals surface area (Å²) in [6.45, 7) is 8.32. The Labute approximate surface area is 396 Å². The van der Waals surface area contributed by atoms with Gasteiger partial charge in [-0.05, 0) is 92.2 Å². The van der Waals surface area contributed by atoms with Gasteiger partial charge in [0.2, 0.25) is 0 Å². The van der Waals surface area contributed by atoms with Crippen molar-refractivity contribution < 1.29 is 28.0 Å². The van der Waals surface area contributed by atoms with Crippen molar-refractivity contribution in [1.82, 2.24) is 9.97 Å². The van der Waals surface area contributed by atoms with Crippen LogP contribution in [-0.2, 0) is 9.31 Å². The summed E-state index contributed by atoms with van der Waals surface area (Å²) in [5.74, 6) is 0. The van der Waals surface area contributed by atoms with E-state index < -0.39 is 12.0 Å². The lowest BCUT2D eigenvalue weighted by Crippen LogP contribution is -2.41. The number of rotatable bonds is 4. The highest BCUT2D eigenvalue weighted by Crippen LogP contribution is 2.43. The molecule has 0 unspecified atom stereocenters. The molecule has 1 aliphatic rings.